The molecule has 2 fully saturated rings. The van der Waals surface area contributed by atoms with Crippen molar-refractivity contribution in [1.82, 2.24) is 20.2 Å². The number of aromatic nitrogens is 2. The van der Waals surface area contributed by atoms with E-state index in [-0.39, 0.29) is 0 Å². The van der Waals surface area contributed by atoms with Crippen molar-refractivity contribution in [1.29, 1.82) is 0 Å². The van der Waals surface area contributed by atoms with Crippen LogP contribution in [0, 0.1) is 5.41 Å². The maximum Gasteiger partial charge on any atom is 0.222 e. The lowest BCUT2D eigenvalue weighted by Gasteiger charge is -2.48. The van der Waals surface area contributed by atoms with Crippen molar-refractivity contribution in [2.75, 3.05) is 26.2 Å². The van der Waals surface area contributed by atoms with E-state index in [2.05, 4.69) is 20.2 Å². The average molecular weight is 253 g/mol. The van der Waals surface area contributed by atoms with Crippen LogP contribution >= 0.6 is 11.6 Å². The number of likely N-dealkylation sites (tertiary alicyclic amines) is 1. The van der Waals surface area contributed by atoms with Crippen LogP contribution in [0.3, 0.4) is 0 Å². The summed E-state index contributed by atoms with van der Waals surface area (Å²) in [4.78, 5) is 10.5. The van der Waals surface area contributed by atoms with E-state index in [4.69, 9.17) is 11.6 Å². The van der Waals surface area contributed by atoms with Crippen LogP contribution in [-0.2, 0) is 6.54 Å². The van der Waals surface area contributed by atoms with E-state index in [1.165, 1.54) is 39.0 Å². The Bertz CT molecular complexity index is 378. The quantitative estimate of drug-likeness (QED) is 0.806. The standard InChI is InChI=1S/C12H17ClN4/c13-11-15-5-10(6-16-11)7-17-3-1-12(2-4-17)8-14-9-12/h5-6,14H,1-4,7-9H2. The molecule has 3 heterocycles. The molecular formula is C12H17ClN4. The van der Waals surface area contributed by atoms with Crippen LogP contribution in [0.4, 0.5) is 0 Å². The number of nitrogens with zero attached hydrogens (tertiary/aromatic N) is 3. The van der Waals surface area contributed by atoms with Gasteiger partial charge in [0.25, 0.3) is 0 Å². The van der Waals surface area contributed by atoms with Gasteiger partial charge in [0, 0.05) is 37.6 Å². The van der Waals surface area contributed by atoms with Gasteiger partial charge in [-0.1, -0.05) is 0 Å². The van der Waals surface area contributed by atoms with E-state index in [0.29, 0.717) is 10.7 Å². The van der Waals surface area contributed by atoms with Gasteiger partial charge in [-0.15, -0.1) is 0 Å². The molecule has 4 nitrogen and oxygen atoms in total. The Morgan fingerprint density at radius 2 is 1.88 bits per heavy atom. The molecule has 2 aliphatic heterocycles. The first-order chi connectivity index (χ1) is 8.26. The monoisotopic (exact) mass is 252 g/mol. The van der Waals surface area contributed by atoms with Crippen molar-refractivity contribution < 1.29 is 0 Å². The number of hydrogen-bond acceptors (Lipinski definition) is 4. The maximum absolute atomic E-state index is 5.68. The van der Waals surface area contributed by atoms with Gasteiger partial charge in [-0.3, -0.25) is 4.90 Å². The predicted octanol–water partition coefficient (Wildman–Crippen LogP) is 1.32. The lowest BCUT2D eigenvalue weighted by Crippen LogP contribution is -2.58. The third kappa shape index (κ3) is 2.44. The van der Waals surface area contributed by atoms with E-state index in [9.17, 15) is 0 Å². The lowest BCUT2D eigenvalue weighted by atomic mass is 9.73. The van der Waals surface area contributed by atoms with Gasteiger partial charge in [0.1, 0.15) is 0 Å². The number of halogens is 1. The van der Waals surface area contributed by atoms with Crippen LogP contribution in [0.5, 0.6) is 0 Å². The minimum absolute atomic E-state index is 0.326. The Hall–Kier alpha value is -0.710. The van der Waals surface area contributed by atoms with Crippen molar-refractivity contribution in [2.24, 2.45) is 5.41 Å². The first-order valence-electron chi connectivity index (χ1n) is 6.15. The molecule has 0 amide bonds. The minimum atomic E-state index is 0.326. The molecule has 1 aromatic rings. The SMILES string of the molecule is Clc1ncc(CN2CCC3(CC2)CNC3)cn1. The summed E-state index contributed by atoms with van der Waals surface area (Å²) in [5.41, 5.74) is 1.77. The molecular weight excluding hydrogens is 236 g/mol. The number of nitrogens with one attached hydrogen (secondary N) is 1. The Labute approximate surface area is 106 Å². The number of rotatable bonds is 2. The van der Waals surface area contributed by atoms with Gasteiger partial charge < -0.3 is 5.32 Å². The fraction of sp³-hybridized carbons (Fsp3) is 0.667. The van der Waals surface area contributed by atoms with E-state index >= 15 is 0 Å². The first-order valence-corrected chi connectivity index (χ1v) is 6.53. The van der Waals surface area contributed by atoms with Gasteiger partial charge in [0.2, 0.25) is 5.28 Å². The maximum atomic E-state index is 5.68. The molecule has 2 aliphatic rings. The molecule has 0 radical (unpaired) electrons. The zero-order valence-corrected chi connectivity index (χ0v) is 10.6. The molecule has 1 aromatic heterocycles. The summed E-state index contributed by atoms with van der Waals surface area (Å²) in [5.74, 6) is 0. The van der Waals surface area contributed by atoms with Crippen LogP contribution in [0.1, 0.15) is 18.4 Å². The predicted molar refractivity (Wildman–Crippen MR) is 66.9 cm³/mol. The van der Waals surface area contributed by atoms with Crippen LogP contribution in [0.15, 0.2) is 12.4 Å². The van der Waals surface area contributed by atoms with Gasteiger partial charge in [-0.25, -0.2) is 9.97 Å². The Morgan fingerprint density at radius 1 is 1.24 bits per heavy atom. The molecule has 17 heavy (non-hydrogen) atoms. The normalized spacial score (nSPS) is 23.6. The highest BCUT2D eigenvalue weighted by molar-refractivity contribution is 6.28. The molecule has 5 heteroatoms. The first kappa shape index (κ1) is 11.4. The molecule has 0 aliphatic carbocycles. The largest absolute Gasteiger partial charge is 0.316 e. The fourth-order valence-electron chi connectivity index (χ4n) is 2.70. The van der Waals surface area contributed by atoms with Crippen LogP contribution in [0.2, 0.25) is 5.28 Å². The second-order valence-electron chi connectivity index (χ2n) is 5.24. The fourth-order valence-corrected chi connectivity index (χ4v) is 2.79. The molecule has 3 rings (SSSR count). The van der Waals surface area contributed by atoms with Gasteiger partial charge in [-0.2, -0.15) is 0 Å². The van der Waals surface area contributed by atoms with Crippen molar-refractivity contribution >= 4 is 11.6 Å². The third-order valence-electron chi connectivity index (χ3n) is 4.00. The average Bonchev–Trinajstić information content (AvgIpc) is 2.31. The molecule has 0 bridgehead atoms. The van der Waals surface area contributed by atoms with Crippen LogP contribution in [-0.4, -0.2) is 41.0 Å². The van der Waals surface area contributed by atoms with Gasteiger partial charge in [0.05, 0.1) is 0 Å². The van der Waals surface area contributed by atoms with Crippen LogP contribution in [0.25, 0.3) is 0 Å². The zero-order chi connectivity index (χ0) is 11.7. The molecule has 1 N–H and O–H groups in total. The van der Waals surface area contributed by atoms with Gasteiger partial charge in [-0.05, 0) is 42.9 Å². The van der Waals surface area contributed by atoms with E-state index in [0.717, 1.165) is 12.1 Å². The Kier molecular flexibility index (Phi) is 3.03. The van der Waals surface area contributed by atoms with Crippen molar-refractivity contribution in [3.63, 3.8) is 0 Å². The summed E-state index contributed by atoms with van der Waals surface area (Å²) >= 11 is 5.68. The third-order valence-corrected chi connectivity index (χ3v) is 4.19. The highest BCUT2D eigenvalue weighted by Crippen LogP contribution is 2.35. The summed E-state index contributed by atoms with van der Waals surface area (Å²) in [6.45, 7) is 5.74. The zero-order valence-electron chi connectivity index (χ0n) is 9.82. The highest BCUT2D eigenvalue weighted by atomic mass is 35.5. The summed E-state index contributed by atoms with van der Waals surface area (Å²) < 4.78 is 0. The summed E-state index contributed by atoms with van der Waals surface area (Å²) in [6.07, 6.45) is 6.28. The minimum Gasteiger partial charge on any atom is -0.316 e. The second-order valence-corrected chi connectivity index (χ2v) is 5.58. The number of hydrogen-bond donors (Lipinski definition) is 1. The van der Waals surface area contributed by atoms with E-state index < -0.39 is 0 Å². The topological polar surface area (TPSA) is 41.1 Å². The Balaban J connectivity index is 1.55. The van der Waals surface area contributed by atoms with E-state index in [1.54, 1.807) is 0 Å². The summed E-state index contributed by atoms with van der Waals surface area (Å²) in [7, 11) is 0. The van der Waals surface area contributed by atoms with Crippen LogP contribution < -0.4 is 5.32 Å². The molecule has 92 valence electrons. The smallest absolute Gasteiger partial charge is 0.222 e. The molecule has 0 saturated carbocycles. The molecule has 0 aromatic carbocycles. The lowest BCUT2D eigenvalue weighted by molar-refractivity contribution is 0.0519. The summed E-state index contributed by atoms with van der Waals surface area (Å²) in [5, 5.41) is 3.72. The summed E-state index contributed by atoms with van der Waals surface area (Å²) in [6, 6.07) is 0. The molecule has 0 unspecified atom stereocenters. The van der Waals surface area contributed by atoms with Crippen molar-refractivity contribution in [3.8, 4) is 0 Å². The van der Waals surface area contributed by atoms with Crippen molar-refractivity contribution in [3.05, 3.63) is 23.2 Å². The Morgan fingerprint density at radius 3 is 2.41 bits per heavy atom. The van der Waals surface area contributed by atoms with Gasteiger partial charge in [0.15, 0.2) is 0 Å². The van der Waals surface area contributed by atoms with E-state index in [1.807, 2.05) is 12.4 Å². The molecule has 0 atom stereocenters. The van der Waals surface area contributed by atoms with Crippen molar-refractivity contribution in [2.45, 2.75) is 19.4 Å². The highest BCUT2D eigenvalue weighted by Gasteiger charge is 2.39. The second kappa shape index (κ2) is 4.52. The van der Waals surface area contributed by atoms with Gasteiger partial charge >= 0.3 is 0 Å². The molecule has 1 spiro atoms. The number of piperidine rings is 1. The molecule has 2 saturated heterocycles.